The third kappa shape index (κ3) is 4.62. The summed E-state index contributed by atoms with van der Waals surface area (Å²) in [5.41, 5.74) is 0.175. The van der Waals surface area contributed by atoms with E-state index in [4.69, 9.17) is 0 Å². The predicted molar refractivity (Wildman–Crippen MR) is 68.8 cm³/mol. The highest BCUT2D eigenvalue weighted by atomic mass is 19.4. The molecule has 0 unspecified atom stereocenters. The van der Waals surface area contributed by atoms with E-state index in [0.717, 1.165) is 0 Å². The summed E-state index contributed by atoms with van der Waals surface area (Å²) in [5.74, 6) is -0.737. The lowest BCUT2D eigenvalue weighted by molar-refractivity contribution is -0.150. The molecule has 0 saturated carbocycles. The number of hydrogen-bond acceptors (Lipinski definition) is 4. The first-order valence-electron chi connectivity index (χ1n) is 6.18. The molecule has 6 nitrogen and oxygen atoms in total. The molecule has 0 atom stereocenters. The van der Waals surface area contributed by atoms with E-state index in [2.05, 4.69) is 15.6 Å². The highest BCUT2D eigenvalue weighted by molar-refractivity contribution is 5.91. The van der Waals surface area contributed by atoms with E-state index in [1.165, 1.54) is 12.3 Å². The number of nitrogens with zero attached hydrogens (tertiary/aromatic N) is 2. The highest BCUT2D eigenvalue weighted by Gasteiger charge is 2.31. The fourth-order valence-electron chi connectivity index (χ4n) is 1.87. The van der Waals surface area contributed by atoms with Gasteiger partial charge in [0.25, 0.3) is 0 Å². The number of carbonyl (C=O) groups is 2. The topological polar surface area (TPSA) is 74.3 Å². The minimum Gasteiger partial charge on any atom is -0.353 e. The molecular weight excluding hydrogens is 289 g/mol. The predicted octanol–water partition coefficient (Wildman–Crippen LogP) is 0.909. The number of amides is 2. The molecule has 2 heterocycles. The molecule has 0 radical (unpaired) electrons. The Morgan fingerprint density at radius 1 is 1.43 bits per heavy atom. The van der Waals surface area contributed by atoms with Crippen LogP contribution in [0.25, 0.3) is 0 Å². The Bertz CT molecular complexity index is 530. The third-order valence-corrected chi connectivity index (χ3v) is 2.75. The second-order valence-corrected chi connectivity index (χ2v) is 4.52. The summed E-state index contributed by atoms with van der Waals surface area (Å²) in [7, 11) is 0. The molecule has 2 N–H and O–H groups in total. The summed E-state index contributed by atoms with van der Waals surface area (Å²) < 4.78 is 36.1. The van der Waals surface area contributed by atoms with Crippen molar-refractivity contribution in [2.45, 2.75) is 12.6 Å². The van der Waals surface area contributed by atoms with Crippen LogP contribution in [0.15, 0.2) is 18.3 Å². The molecule has 0 spiro atoms. The van der Waals surface area contributed by atoms with E-state index in [9.17, 15) is 22.8 Å². The number of alkyl halides is 3. The van der Waals surface area contributed by atoms with Gasteiger partial charge in [-0.05, 0) is 12.1 Å². The van der Waals surface area contributed by atoms with Crippen molar-refractivity contribution in [2.75, 3.05) is 29.9 Å². The Labute approximate surface area is 118 Å². The molecule has 2 amide bonds. The van der Waals surface area contributed by atoms with E-state index in [1.54, 1.807) is 11.0 Å². The van der Waals surface area contributed by atoms with Crippen LogP contribution in [0.5, 0.6) is 0 Å². The van der Waals surface area contributed by atoms with E-state index >= 15 is 0 Å². The number of halogens is 3. The monoisotopic (exact) mass is 302 g/mol. The molecule has 9 heteroatoms. The first-order valence-corrected chi connectivity index (χ1v) is 6.18. The third-order valence-electron chi connectivity index (χ3n) is 2.75. The van der Waals surface area contributed by atoms with Gasteiger partial charge in [0.15, 0.2) is 0 Å². The number of rotatable bonds is 3. The number of anilines is 2. The van der Waals surface area contributed by atoms with Gasteiger partial charge in [0.1, 0.15) is 12.2 Å². The maximum atomic E-state index is 12.0. The fraction of sp³-hybridized carbons (Fsp3) is 0.417. The Kier molecular flexibility index (Phi) is 4.29. The molecule has 1 fully saturated rings. The van der Waals surface area contributed by atoms with Crippen molar-refractivity contribution >= 4 is 23.3 Å². The number of hydrogen-bond donors (Lipinski definition) is 2. The zero-order valence-corrected chi connectivity index (χ0v) is 10.9. The number of pyridine rings is 1. The largest absolute Gasteiger partial charge is 0.397 e. The molecule has 21 heavy (non-hydrogen) atoms. The molecule has 1 aliphatic heterocycles. The molecule has 1 aliphatic rings. The average Bonchev–Trinajstić information content (AvgIpc) is 2.37. The minimum atomic E-state index is -4.54. The van der Waals surface area contributed by atoms with Gasteiger partial charge in [-0.15, -0.1) is 0 Å². The minimum absolute atomic E-state index is 0.120. The maximum absolute atomic E-state index is 12.0. The molecule has 1 saturated heterocycles. The van der Waals surface area contributed by atoms with E-state index in [0.29, 0.717) is 18.9 Å². The lowest BCUT2D eigenvalue weighted by Crippen LogP contribution is -2.48. The van der Waals surface area contributed by atoms with Crippen molar-refractivity contribution < 1.29 is 22.8 Å². The maximum Gasteiger partial charge on any atom is 0.397 e. The second kappa shape index (κ2) is 5.98. The molecule has 114 valence electrons. The molecule has 0 aliphatic carbocycles. The van der Waals surface area contributed by atoms with Crippen LogP contribution >= 0.6 is 0 Å². The number of aromatic nitrogens is 1. The lowest BCUT2D eigenvalue weighted by Gasteiger charge is -2.27. The Hall–Kier alpha value is -2.32. The van der Waals surface area contributed by atoms with Crippen molar-refractivity contribution in [2.24, 2.45) is 0 Å². The van der Waals surface area contributed by atoms with Gasteiger partial charge in [0, 0.05) is 13.1 Å². The van der Waals surface area contributed by atoms with Gasteiger partial charge in [-0.1, -0.05) is 0 Å². The summed E-state index contributed by atoms with van der Waals surface area (Å²) in [4.78, 5) is 28.2. The normalized spacial score (nSPS) is 15.6. The van der Waals surface area contributed by atoms with Gasteiger partial charge in [-0.2, -0.15) is 13.2 Å². The summed E-state index contributed by atoms with van der Waals surface area (Å²) >= 11 is 0. The van der Waals surface area contributed by atoms with Crippen LogP contribution in [0.3, 0.4) is 0 Å². The van der Waals surface area contributed by atoms with Crippen LogP contribution in [-0.2, 0) is 9.59 Å². The number of nitrogens with one attached hydrogen (secondary N) is 2. The molecule has 2 rings (SSSR count). The standard InChI is InChI=1S/C12H13F3N4O2/c13-12(14,15)5-10(20)18-8-1-2-9(17-6-8)19-4-3-16-11(21)7-19/h1-2,6H,3-5,7H2,(H,16,21)(H,18,20). The summed E-state index contributed by atoms with van der Waals surface area (Å²) in [6.45, 7) is 1.27. The smallest absolute Gasteiger partial charge is 0.353 e. The van der Waals surface area contributed by atoms with Crippen LogP contribution in [0, 0.1) is 0 Å². The molecular formula is C12H13F3N4O2. The van der Waals surface area contributed by atoms with Gasteiger partial charge in [0.05, 0.1) is 18.4 Å². The Morgan fingerprint density at radius 3 is 2.76 bits per heavy atom. The van der Waals surface area contributed by atoms with Gasteiger partial charge in [-0.25, -0.2) is 4.98 Å². The summed E-state index contributed by atoms with van der Waals surface area (Å²) in [5, 5.41) is 4.79. The van der Waals surface area contributed by atoms with Gasteiger partial charge < -0.3 is 15.5 Å². The van der Waals surface area contributed by atoms with Gasteiger partial charge >= 0.3 is 6.18 Å². The van der Waals surface area contributed by atoms with Crippen LogP contribution in [-0.4, -0.2) is 42.6 Å². The summed E-state index contributed by atoms with van der Waals surface area (Å²) in [6, 6.07) is 2.99. The fourth-order valence-corrected chi connectivity index (χ4v) is 1.87. The van der Waals surface area contributed by atoms with Crippen LogP contribution in [0.1, 0.15) is 6.42 Å². The average molecular weight is 302 g/mol. The molecule has 1 aromatic heterocycles. The zero-order valence-electron chi connectivity index (χ0n) is 10.9. The highest BCUT2D eigenvalue weighted by Crippen LogP contribution is 2.21. The quantitative estimate of drug-likeness (QED) is 0.870. The van der Waals surface area contributed by atoms with Crippen LogP contribution in [0.4, 0.5) is 24.7 Å². The van der Waals surface area contributed by atoms with E-state index in [-0.39, 0.29) is 18.1 Å². The van der Waals surface area contributed by atoms with Gasteiger partial charge in [-0.3, -0.25) is 9.59 Å². The van der Waals surface area contributed by atoms with E-state index < -0.39 is 18.5 Å². The van der Waals surface area contributed by atoms with Crippen molar-refractivity contribution in [3.8, 4) is 0 Å². The number of piperazine rings is 1. The summed E-state index contributed by atoms with van der Waals surface area (Å²) in [6.07, 6.45) is -4.82. The first kappa shape index (κ1) is 15.1. The Balaban J connectivity index is 1.95. The Morgan fingerprint density at radius 2 is 2.19 bits per heavy atom. The lowest BCUT2D eigenvalue weighted by atomic mass is 10.3. The molecule has 1 aromatic rings. The van der Waals surface area contributed by atoms with E-state index in [1.807, 2.05) is 0 Å². The van der Waals surface area contributed by atoms with Crippen molar-refractivity contribution in [1.82, 2.24) is 10.3 Å². The number of carbonyl (C=O) groups excluding carboxylic acids is 2. The first-order chi connectivity index (χ1) is 9.83. The zero-order chi connectivity index (χ0) is 15.5. The van der Waals surface area contributed by atoms with Crippen molar-refractivity contribution in [3.05, 3.63) is 18.3 Å². The van der Waals surface area contributed by atoms with Gasteiger partial charge in [0.2, 0.25) is 11.8 Å². The second-order valence-electron chi connectivity index (χ2n) is 4.52. The van der Waals surface area contributed by atoms with Crippen LogP contribution < -0.4 is 15.5 Å². The van der Waals surface area contributed by atoms with Crippen LogP contribution in [0.2, 0.25) is 0 Å². The molecule has 0 bridgehead atoms. The SMILES string of the molecule is O=C1CN(c2ccc(NC(=O)CC(F)(F)F)cn2)CCN1. The molecule has 0 aromatic carbocycles. The van der Waals surface area contributed by atoms with Crippen molar-refractivity contribution in [3.63, 3.8) is 0 Å². The van der Waals surface area contributed by atoms with Crippen molar-refractivity contribution in [1.29, 1.82) is 0 Å².